The van der Waals surface area contributed by atoms with Crippen molar-refractivity contribution in [1.82, 2.24) is 14.8 Å². The second-order valence-corrected chi connectivity index (χ2v) is 6.77. The number of nitrogen functional groups attached to an aromatic ring is 1. The molecule has 2 heterocycles. The third-order valence-electron chi connectivity index (χ3n) is 5.07. The Hall–Kier alpha value is -3.27. The summed E-state index contributed by atoms with van der Waals surface area (Å²) in [6.45, 7) is 0. The van der Waals surface area contributed by atoms with Crippen molar-refractivity contribution in [2.75, 3.05) is 5.73 Å². The van der Waals surface area contributed by atoms with Crippen molar-refractivity contribution in [3.05, 3.63) is 77.5 Å². The molecule has 1 aliphatic rings. The standard InChI is InChI=1S/C22H20N4/c23-21-20-19-16(14-15-8-3-1-4-9-15)10-7-13-18(19)24-22(20)26(25-21)17-11-5-2-6-12-17/h1-6,8-9,11-12,14,24H,7,10,13H2,(H2,23,25)/b16-14+. The molecule has 5 rings (SSSR count). The van der Waals surface area contributed by atoms with Gasteiger partial charge in [0.05, 0.1) is 11.1 Å². The first-order chi connectivity index (χ1) is 12.8. The molecule has 0 spiro atoms. The minimum Gasteiger partial charge on any atom is -0.382 e. The van der Waals surface area contributed by atoms with Crippen molar-refractivity contribution >= 4 is 28.5 Å². The minimum absolute atomic E-state index is 0.585. The monoisotopic (exact) mass is 340 g/mol. The molecule has 4 aromatic rings. The first kappa shape index (κ1) is 15.0. The first-order valence-corrected chi connectivity index (χ1v) is 9.02. The van der Waals surface area contributed by atoms with Gasteiger partial charge in [-0.3, -0.25) is 0 Å². The van der Waals surface area contributed by atoms with Crippen LogP contribution in [0.1, 0.15) is 29.7 Å². The van der Waals surface area contributed by atoms with Crippen molar-refractivity contribution < 1.29 is 0 Å². The zero-order valence-corrected chi connectivity index (χ0v) is 14.4. The van der Waals surface area contributed by atoms with Crippen LogP contribution in [-0.4, -0.2) is 14.8 Å². The molecule has 128 valence electrons. The summed E-state index contributed by atoms with van der Waals surface area (Å²) >= 11 is 0. The second kappa shape index (κ2) is 5.92. The lowest BCUT2D eigenvalue weighted by molar-refractivity contribution is 0.802. The molecule has 2 aromatic heterocycles. The fourth-order valence-electron chi connectivity index (χ4n) is 3.93. The quantitative estimate of drug-likeness (QED) is 0.550. The molecule has 0 saturated heterocycles. The number of hydrogen-bond acceptors (Lipinski definition) is 2. The number of nitrogens with two attached hydrogens (primary N) is 1. The predicted octanol–water partition coefficient (Wildman–Crippen LogP) is 4.81. The van der Waals surface area contributed by atoms with Crippen molar-refractivity contribution in [1.29, 1.82) is 0 Å². The van der Waals surface area contributed by atoms with Crippen LogP contribution in [0.4, 0.5) is 5.82 Å². The minimum atomic E-state index is 0.585. The number of allylic oxidation sites excluding steroid dienone is 1. The molecular formula is C22H20N4. The number of benzene rings is 2. The Morgan fingerprint density at radius 2 is 1.69 bits per heavy atom. The van der Waals surface area contributed by atoms with E-state index in [4.69, 9.17) is 5.73 Å². The zero-order valence-electron chi connectivity index (χ0n) is 14.4. The van der Waals surface area contributed by atoms with E-state index in [1.54, 1.807) is 0 Å². The van der Waals surface area contributed by atoms with Crippen LogP contribution in [0.2, 0.25) is 0 Å². The summed E-state index contributed by atoms with van der Waals surface area (Å²) in [5.74, 6) is 0.585. The maximum atomic E-state index is 6.36. The molecule has 4 heteroatoms. The van der Waals surface area contributed by atoms with Crippen molar-refractivity contribution in [3.8, 4) is 5.69 Å². The summed E-state index contributed by atoms with van der Waals surface area (Å²) in [6.07, 6.45) is 5.53. The Labute approximate surface area is 152 Å². The molecule has 0 atom stereocenters. The molecule has 1 aliphatic carbocycles. The molecule has 0 fully saturated rings. The van der Waals surface area contributed by atoms with Gasteiger partial charge in [0.2, 0.25) is 0 Å². The Morgan fingerprint density at radius 3 is 2.46 bits per heavy atom. The summed E-state index contributed by atoms with van der Waals surface area (Å²) in [5.41, 5.74) is 13.4. The Bertz CT molecular complexity index is 1100. The van der Waals surface area contributed by atoms with Gasteiger partial charge in [0.25, 0.3) is 0 Å². The largest absolute Gasteiger partial charge is 0.382 e. The average Bonchev–Trinajstić information content (AvgIpc) is 3.22. The van der Waals surface area contributed by atoms with Crippen LogP contribution in [0, 0.1) is 0 Å². The number of aromatic nitrogens is 3. The highest BCUT2D eigenvalue weighted by atomic mass is 15.3. The molecule has 4 nitrogen and oxygen atoms in total. The molecular weight excluding hydrogens is 320 g/mol. The Morgan fingerprint density at radius 1 is 0.962 bits per heavy atom. The summed E-state index contributed by atoms with van der Waals surface area (Å²) in [7, 11) is 0. The summed E-state index contributed by atoms with van der Waals surface area (Å²) in [6, 6.07) is 20.6. The van der Waals surface area contributed by atoms with Gasteiger partial charge in [-0.1, -0.05) is 54.6 Å². The van der Waals surface area contributed by atoms with Gasteiger partial charge in [-0.15, -0.1) is 5.10 Å². The number of aromatic amines is 1. The summed E-state index contributed by atoms with van der Waals surface area (Å²) in [4.78, 5) is 3.60. The molecule has 0 aliphatic heterocycles. The van der Waals surface area contributed by atoms with E-state index in [1.807, 2.05) is 41.1 Å². The number of para-hydroxylation sites is 1. The van der Waals surface area contributed by atoms with Crippen LogP contribution in [0.25, 0.3) is 28.4 Å². The maximum Gasteiger partial charge on any atom is 0.156 e. The van der Waals surface area contributed by atoms with E-state index in [-0.39, 0.29) is 0 Å². The lowest BCUT2D eigenvalue weighted by atomic mass is 9.89. The van der Waals surface area contributed by atoms with Crippen LogP contribution in [0.15, 0.2) is 60.7 Å². The van der Waals surface area contributed by atoms with Crippen molar-refractivity contribution in [2.45, 2.75) is 19.3 Å². The van der Waals surface area contributed by atoms with E-state index in [0.29, 0.717) is 5.82 Å². The number of nitrogens with zero attached hydrogens (tertiary/aromatic N) is 2. The van der Waals surface area contributed by atoms with E-state index in [1.165, 1.54) is 22.4 Å². The number of hydrogen-bond donors (Lipinski definition) is 2. The van der Waals surface area contributed by atoms with Crippen LogP contribution in [0.5, 0.6) is 0 Å². The molecule has 2 aromatic carbocycles. The van der Waals surface area contributed by atoms with Crippen LogP contribution in [-0.2, 0) is 6.42 Å². The summed E-state index contributed by atoms with van der Waals surface area (Å²) in [5, 5.41) is 5.65. The van der Waals surface area contributed by atoms with E-state index in [0.717, 1.165) is 36.0 Å². The number of aryl methyl sites for hydroxylation is 1. The number of fused-ring (bicyclic) bond motifs is 3. The average molecular weight is 340 g/mol. The lowest BCUT2D eigenvalue weighted by Crippen LogP contribution is -2.02. The van der Waals surface area contributed by atoms with E-state index >= 15 is 0 Å². The van der Waals surface area contributed by atoms with E-state index in [2.05, 4.69) is 40.4 Å². The number of rotatable bonds is 2. The summed E-state index contributed by atoms with van der Waals surface area (Å²) < 4.78 is 1.92. The SMILES string of the molecule is Nc1nn(-c2ccccc2)c2[nH]c3c(c12)/C(=C/c1ccccc1)CCC3. The van der Waals surface area contributed by atoms with Crippen LogP contribution < -0.4 is 5.73 Å². The molecule has 0 bridgehead atoms. The van der Waals surface area contributed by atoms with Crippen LogP contribution in [0.3, 0.4) is 0 Å². The fourth-order valence-corrected chi connectivity index (χ4v) is 3.93. The first-order valence-electron chi connectivity index (χ1n) is 9.02. The van der Waals surface area contributed by atoms with Crippen molar-refractivity contribution in [3.63, 3.8) is 0 Å². The normalized spacial score (nSPS) is 15.5. The predicted molar refractivity (Wildman–Crippen MR) is 107 cm³/mol. The number of anilines is 1. The van der Waals surface area contributed by atoms with E-state index < -0.39 is 0 Å². The van der Waals surface area contributed by atoms with Crippen molar-refractivity contribution in [2.24, 2.45) is 0 Å². The molecule has 26 heavy (non-hydrogen) atoms. The lowest BCUT2D eigenvalue weighted by Gasteiger charge is -2.16. The van der Waals surface area contributed by atoms with Gasteiger partial charge in [0, 0.05) is 11.3 Å². The van der Waals surface area contributed by atoms with Gasteiger partial charge in [-0.2, -0.15) is 0 Å². The zero-order chi connectivity index (χ0) is 17.5. The molecule has 0 unspecified atom stereocenters. The highest BCUT2D eigenvalue weighted by Gasteiger charge is 2.25. The van der Waals surface area contributed by atoms with Gasteiger partial charge in [0.15, 0.2) is 5.82 Å². The van der Waals surface area contributed by atoms with Gasteiger partial charge >= 0.3 is 0 Å². The number of H-pyrrole nitrogens is 1. The van der Waals surface area contributed by atoms with Gasteiger partial charge in [-0.25, -0.2) is 4.68 Å². The molecule has 0 radical (unpaired) electrons. The molecule has 3 N–H and O–H groups in total. The topological polar surface area (TPSA) is 59.6 Å². The highest BCUT2D eigenvalue weighted by molar-refractivity contribution is 6.03. The molecule has 0 amide bonds. The maximum absolute atomic E-state index is 6.36. The van der Waals surface area contributed by atoms with Crippen LogP contribution >= 0.6 is 0 Å². The van der Waals surface area contributed by atoms with Gasteiger partial charge in [0.1, 0.15) is 5.65 Å². The smallest absolute Gasteiger partial charge is 0.156 e. The Kier molecular flexibility index (Phi) is 3.42. The highest BCUT2D eigenvalue weighted by Crippen LogP contribution is 2.40. The molecule has 0 saturated carbocycles. The van der Waals surface area contributed by atoms with E-state index in [9.17, 15) is 0 Å². The third kappa shape index (κ3) is 2.34. The second-order valence-electron chi connectivity index (χ2n) is 6.77. The van der Waals surface area contributed by atoms with Gasteiger partial charge in [-0.05, 0) is 42.5 Å². The Balaban J connectivity index is 1.73. The fraction of sp³-hybridized carbons (Fsp3) is 0.136. The van der Waals surface area contributed by atoms with Gasteiger partial charge < -0.3 is 10.7 Å². The third-order valence-corrected chi connectivity index (χ3v) is 5.07. The number of nitrogens with one attached hydrogen (secondary N) is 1.